The summed E-state index contributed by atoms with van der Waals surface area (Å²) in [6.07, 6.45) is 0. The second-order valence-electron chi connectivity index (χ2n) is 4.56. The summed E-state index contributed by atoms with van der Waals surface area (Å²) in [5.41, 5.74) is 2.54. The summed E-state index contributed by atoms with van der Waals surface area (Å²) < 4.78 is 0. The summed E-state index contributed by atoms with van der Waals surface area (Å²) in [6.45, 7) is 1.91. The Morgan fingerprint density at radius 1 is 1.14 bits per heavy atom. The molecule has 2 N–H and O–H groups in total. The second-order valence-corrected chi connectivity index (χ2v) is 4.56. The molecule has 0 fully saturated rings. The Hall–Kier alpha value is -3.02. The lowest BCUT2D eigenvalue weighted by molar-refractivity contribution is 0.0689. The third-order valence-corrected chi connectivity index (χ3v) is 2.99. The van der Waals surface area contributed by atoms with Crippen molar-refractivity contribution in [1.82, 2.24) is 15.2 Å². The van der Waals surface area contributed by atoms with Crippen LogP contribution in [0.2, 0.25) is 0 Å². The van der Waals surface area contributed by atoms with E-state index in [1.807, 2.05) is 37.3 Å². The Kier molecular flexibility index (Phi) is 3.19. The van der Waals surface area contributed by atoms with Crippen LogP contribution in [0.3, 0.4) is 0 Å². The van der Waals surface area contributed by atoms with Crippen LogP contribution in [-0.4, -0.2) is 26.3 Å². The molecule has 2 aromatic heterocycles. The van der Waals surface area contributed by atoms with Crippen molar-refractivity contribution in [1.29, 1.82) is 0 Å². The largest absolute Gasteiger partial charge is 0.476 e. The van der Waals surface area contributed by atoms with Gasteiger partial charge >= 0.3 is 5.97 Å². The van der Waals surface area contributed by atoms with Gasteiger partial charge in [-0.05, 0) is 31.2 Å². The average molecular weight is 280 g/mol. The fourth-order valence-electron chi connectivity index (χ4n) is 2.06. The summed E-state index contributed by atoms with van der Waals surface area (Å²) in [4.78, 5) is 15.2. The van der Waals surface area contributed by atoms with Crippen molar-refractivity contribution in [2.24, 2.45) is 0 Å². The second kappa shape index (κ2) is 5.16. The number of aromatic carboxylic acids is 1. The van der Waals surface area contributed by atoms with Gasteiger partial charge in [0, 0.05) is 11.1 Å². The SMILES string of the molecule is Cc1cc(Nc2ccc(C(=O)O)nn2)c2ccccc2n1. The van der Waals surface area contributed by atoms with Crippen LogP contribution in [-0.2, 0) is 0 Å². The van der Waals surface area contributed by atoms with E-state index in [1.54, 1.807) is 6.07 Å². The van der Waals surface area contributed by atoms with Gasteiger partial charge in [-0.15, -0.1) is 10.2 Å². The number of rotatable bonds is 3. The number of benzene rings is 1. The number of nitrogens with one attached hydrogen (secondary N) is 1. The third-order valence-electron chi connectivity index (χ3n) is 2.99. The maximum atomic E-state index is 10.8. The molecule has 0 aliphatic rings. The third kappa shape index (κ3) is 2.64. The first-order valence-electron chi connectivity index (χ1n) is 6.34. The van der Waals surface area contributed by atoms with Crippen LogP contribution in [0.25, 0.3) is 10.9 Å². The van der Waals surface area contributed by atoms with Crippen molar-refractivity contribution in [2.75, 3.05) is 5.32 Å². The predicted molar refractivity (Wildman–Crippen MR) is 78.8 cm³/mol. The molecule has 0 saturated heterocycles. The molecule has 0 radical (unpaired) electrons. The van der Waals surface area contributed by atoms with Gasteiger partial charge in [0.1, 0.15) is 0 Å². The summed E-state index contributed by atoms with van der Waals surface area (Å²) in [5, 5.41) is 20.4. The predicted octanol–water partition coefficient (Wildman–Crippen LogP) is 2.78. The van der Waals surface area contributed by atoms with Crippen molar-refractivity contribution in [3.63, 3.8) is 0 Å². The summed E-state index contributed by atoms with van der Waals surface area (Å²) in [5.74, 6) is -0.616. The highest BCUT2D eigenvalue weighted by Crippen LogP contribution is 2.25. The smallest absolute Gasteiger partial charge is 0.356 e. The van der Waals surface area contributed by atoms with Crippen molar-refractivity contribution in [3.05, 3.63) is 53.9 Å². The molecular formula is C15H12N4O2. The number of carboxylic acid groups (broad SMARTS) is 1. The van der Waals surface area contributed by atoms with Gasteiger partial charge in [0.25, 0.3) is 0 Å². The van der Waals surface area contributed by atoms with Gasteiger partial charge in [0.05, 0.1) is 11.2 Å². The lowest BCUT2D eigenvalue weighted by Gasteiger charge is -2.09. The van der Waals surface area contributed by atoms with E-state index in [-0.39, 0.29) is 5.69 Å². The molecule has 0 spiro atoms. The van der Waals surface area contributed by atoms with Gasteiger partial charge in [-0.2, -0.15) is 0 Å². The number of aromatic nitrogens is 3. The van der Waals surface area contributed by atoms with Gasteiger partial charge in [-0.1, -0.05) is 18.2 Å². The van der Waals surface area contributed by atoms with Crippen molar-refractivity contribution in [2.45, 2.75) is 6.92 Å². The van der Waals surface area contributed by atoms with Crippen LogP contribution >= 0.6 is 0 Å². The zero-order valence-corrected chi connectivity index (χ0v) is 11.2. The van der Waals surface area contributed by atoms with E-state index in [4.69, 9.17) is 5.11 Å². The minimum atomic E-state index is -1.10. The number of carboxylic acids is 1. The molecular weight excluding hydrogens is 268 g/mol. The highest BCUT2D eigenvalue weighted by atomic mass is 16.4. The number of hydrogen-bond donors (Lipinski definition) is 2. The maximum Gasteiger partial charge on any atom is 0.356 e. The quantitative estimate of drug-likeness (QED) is 0.767. The summed E-state index contributed by atoms with van der Waals surface area (Å²) >= 11 is 0. The number of para-hydroxylation sites is 1. The van der Waals surface area contributed by atoms with E-state index in [1.165, 1.54) is 6.07 Å². The Bertz CT molecular complexity index is 816. The lowest BCUT2D eigenvalue weighted by atomic mass is 10.1. The Balaban J connectivity index is 1.99. The van der Waals surface area contributed by atoms with Crippen LogP contribution < -0.4 is 5.32 Å². The van der Waals surface area contributed by atoms with Crippen molar-refractivity contribution in [3.8, 4) is 0 Å². The van der Waals surface area contributed by atoms with E-state index in [0.717, 1.165) is 22.3 Å². The summed E-state index contributed by atoms with van der Waals surface area (Å²) in [6, 6.07) is 12.7. The number of pyridine rings is 1. The molecule has 6 nitrogen and oxygen atoms in total. The van der Waals surface area contributed by atoms with Crippen LogP contribution in [0, 0.1) is 6.92 Å². The molecule has 0 unspecified atom stereocenters. The Labute approximate surface area is 120 Å². The normalized spacial score (nSPS) is 10.5. The van der Waals surface area contributed by atoms with Crippen molar-refractivity contribution >= 4 is 28.4 Å². The van der Waals surface area contributed by atoms with Crippen LogP contribution in [0.4, 0.5) is 11.5 Å². The monoisotopic (exact) mass is 280 g/mol. The molecule has 2 heterocycles. The first kappa shape index (κ1) is 13.0. The number of aryl methyl sites for hydroxylation is 1. The highest BCUT2D eigenvalue weighted by molar-refractivity contribution is 5.93. The molecule has 21 heavy (non-hydrogen) atoms. The molecule has 1 aromatic carbocycles. The Morgan fingerprint density at radius 2 is 1.95 bits per heavy atom. The number of fused-ring (bicyclic) bond motifs is 1. The fourth-order valence-corrected chi connectivity index (χ4v) is 2.06. The standard InChI is InChI=1S/C15H12N4O2/c1-9-8-13(10-4-2-3-5-11(10)16-9)17-14-7-6-12(15(20)21)18-19-14/h2-8H,1H3,(H,20,21)(H,16,17,19). The molecule has 0 amide bonds. The maximum absolute atomic E-state index is 10.8. The van der Waals surface area contributed by atoms with Gasteiger partial charge in [-0.3, -0.25) is 4.98 Å². The lowest BCUT2D eigenvalue weighted by Crippen LogP contribution is -2.04. The number of carbonyl (C=O) groups is 1. The van der Waals surface area contributed by atoms with Gasteiger partial charge in [0.2, 0.25) is 0 Å². The molecule has 3 rings (SSSR count). The van der Waals surface area contributed by atoms with Crippen LogP contribution in [0.5, 0.6) is 0 Å². The zero-order chi connectivity index (χ0) is 14.8. The topological polar surface area (TPSA) is 88.0 Å². The zero-order valence-electron chi connectivity index (χ0n) is 11.2. The van der Waals surface area contributed by atoms with E-state index >= 15 is 0 Å². The molecule has 0 aliphatic carbocycles. The molecule has 0 saturated carbocycles. The fraction of sp³-hybridized carbons (Fsp3) is 0.0667. The van der Waals surface area contributed by atoms with Crippen molar-refractivity contribution < 1.29 is 9.90 Å². The first-order valence-corrected chi connectivity index (χ1v) is 6.34. The van der Waals surface area contributed by atoms with E-state index in [9.17, 15) is 4.79 Å². The minimum Gasteiger partial charge on any atom is -0.476 e. The van der Waals surface area contributed by atoms with Gasteiger partial charge < -0.3 is 10.4 Å². The number of anilines is 2. The number of hydrogen-bond acceptors (Lipinski definition) is 5. The number of nitrogens with zero attached hydrogens (tertiary/aromatic N) is 3. The van der Waals surface area contributed by atoms with Crippen LogP contribution in [0.15, 0.2) is 42.5 Å². The molecule has 6 heteroatoms. The molecule has 0 atom stereocenters. The average Bonchev–Trinajstić information content (AvgIpc) is 2.47. The molecule has 3 aromatic rings. The van der Waals surface area contributed by atoms with E-state index in [0.29, 0.717) is 5.82 Å². The highest BCUT2D eigenvalue weighted by Gasteiger charge is 2.07. The van der Waals surface area contributed by atoms with E-state index in [2.05, 4.69) is 20.5 Å². The van der Waals surface area contributed by atoms with Crippen LogP contribution in [0.1, 0.15) is 16.2 Å². The van der Waals surface area contributed by atoms with Gasteiger partial charge in [-0.25, -0.2) is 4.79 Å². The minimum absolute atomic E-state index is 0.0867. The van der Waals surface area contributed by atoms with E-state index < -0.39 is 5.97 Å². The summed E-state index contributed by atoms with van der Waals surface area (Å²) in [7, 11) is 0. The molecule has 0 aliphatic heterocycles. The molecule has 0 bridgehead atoms. The van der Waals surface area contributed by atoms with Gasteiger partial charge in [0.15, 0.2) is 11.5 Å². The molecule has 104 valence electrons. The Morgan fingerprint density at radius 3 is 2.67 bits per heavy atom. The first-order chi connectivity index (χ1) is 10.1.